The van der Waals surface area contributed by atoms with E-state index >= 15 is 0 Å². The Labute approximate surface area is 256 Å². The van der Waals surface area contributed by atoms with Gasteiger partial charge in [-0.25, -0.2) is 8.42 Å². The van der Waals surface area contributed by atoms with E-state index < -0.39 is 10.0 Å². The van der Waals surface area contributed by atoms with E-state index in [1.165, 1.54) is 18.9 Å². The number of anilines is 1. The van der Waals surface area contributed by atoms with Gasteiger partial charge in [0, 0.05) is 27.4 Å². The lowest BCUT2D eigenvalue weighted by atomic mass is 10.0. The molecule has 0 saturated heterocycles. The number of nitrogens with one attached hydrogen (secondary N) is 1. The number of para-hydroxylation sites is 2. The average molecular weight is 634 g/mol. The number of methoxy groups -OCH3 is 1. The smallest absolute Gasteiger partial charge is 0.262 e. The molecular formula is C30H34Cl2N4O3S2. The summed E-state index contributed by atoms with van der Waals surface area (Å²) in [6, 6.07) is 19.2. The number of thioether (sulfide) groups is 1. The molecule has 0 aliphatic carbocycles. The van der Waals surface area contributed by atoms with Crippen molar-refractivity contribution in [2.24, 2.45) is 5.92 Å². The fourth-order valence-corrected chi connectivity index (χ4v) is 7.15. The van der Waals surface area contributed by atoms with Gasteiger partial charge in [0.05, 0.1) is 17.7 Å². The summed E-state index contributed by atoms with van der Waals surface area (Å²) in [6.45, 7) is 6.59. The van der Waals surface area contributed by atoms with Crippen LogP contribution < -0.4 is 9.46 Å². The lowest BCUT2D eigenvalue weighted by Crippen LogP contribution is -2.14. The molecule has 3 aromatic carbocycles. The van der Waals surface area contributed by atoms with Crippen LogP contribution in [0.3, 0.4) is 0 Å². The summed E-state index contributed by atoms with van der Waals surface area (Å²) in [5, 5.41) is 11.0. The summed E-state index contributed by atoms with van der Waals surface area (Å²) in [4.78, 5) is 0.116. The largest absolute Gasteiger partial charge is 0.495 e. The predicted molar refractivity (Wildman–Crippen MR) is 169 cm³/mol. The van der Waals surface area contributed by atoms with Gasteiger partial charge >= 0.3 is 0 Å². The zero-order valence-corrected chi connectivity index (χ0v) is 26.6. The fraction of sp³-hybridized carbons (Fsp3) is 0.333. The molecule has 0 spiro atoms. The Bertz CT molecular complexity index is 1590. The highest BCUT2D eigenvalue weighted by molar-refractivity contribution is 7.98. The fourth-order valence-electron chi connectivity index (χ4n) is 4.44. The lowest BCUT2D eigenvalue weighted by Gasteiger charge is -2.19. The minimum Gasteiger partial charge on any atom is -0.495 e. The Morgan fingerprint density at radius 3 is 2.49 bits per heavy atom. The summed E-state index contributed by atoms with van der Waals surface area (Å²) >= 11 is 14.0. The van der Waals surface area contributed by atoms with E-state index in [-0.39, 0.29) is 10.9 Å². The molecule has 1 heterocycles. The number of hydrogen-bond donors (Lipinski definition) is 1. The van der Waals surface area contributed by atoms with Crippen molar-refractivity contribution in [3.63, 3.8) is 0 Å². The summed E-state index contributed by atoms with van der Waals surface area (Å²) in [6.07, 6.45) is 3.11. The van der Waals surface area contributed by atoms with Gasteiger partial charge in [-0.3, -0.25) is 9.29 Å². The highest BCUT2D eigenvalue weighted by atomic mass is 35.5. The Kier molecular flexibility index (Phi) is 10.6. The van der Waals surface area contributed by atoms with Crippen LogP contribution in [0.25, 0.3) is 11.4 Å². The number of halogens is 2. The molecule has 1 N–H and O–H groups in total. The van der Waals surface area contributed by atoms with Crippen LogP contribution >= 0.6 is 35.0 Å². The molecule has 1 unspecified atom stereocenters. The normalized spacial score (nSPS) is 12.5. The number of nitrogens with zero attached hydrogens (tertiary/aromatic N) is 3. The van der Waals surface area contributed by atoms with Crippen molar-refractivity contribution in [1.29, 1.82) is 0 Å². The lowest BCUT2D eigenvalue weighted by molar-refractivity contribution is 0.417. The van der Waals surface area contributed by atoms with Crippen molar-refractivity contribution in [2.75, 3.05) is 11.8 Å². The Morgan fingerprint density at radius 1 is 0.976 bits per heavy atom. The molecule has 0 bridgehead atoms. The highest BCUT2D eigenvalue weighted by Gasteiger charge is 2.22. The number of benzene rings is 3. The maximum atomic E-state index is 13.4. The first-order chi connectivity index (χ1) is 19.6. The number of sulfonamides is 1. The van der Waals surface area contributed by atoms with Crippen LogP contribution in [0.5, 0.6) is 5.75 Å². The molecule has 4 aromatic rings. The van der Waals surface area contributed by atoms with Crippen molar-refractivity contribution in [1.82, 2.24) is 14.8 Å². The van der Waals surface area contributed by atoms with Crippen LogP contribution in [0, 0.1) is 5.92 Å². The molecule has 0 aliphatic heterocycles. The van der Waals surface area contributed by atoms with Crippen LogP contribution in [0.2, 0.25) is 10.0 Å². The highest BCUT2D eigenvalue weighted by Crippen LogP contribution is 2.34. The second kappa shape index (κ2) is 14.0. The molecule has 218 valence electrons. The summed E-state index contributed by atoms with van der Waals surface area (Å²) in [7, 11) is -2.40. The van der Waals surface area contributed by atoms with Gasteiger partial charge in [0.2, 0.25) is 0 Å². The van der Waals surface area contributed by atoms with Gasteiger partial charge in [0.1, 0.15) is 5.75 Å². The first-order valence-electron chi connectivity index (χ1n) is 13.4. The molecule has 11 heteroatoms. The number of hydrogen-bond acceptors (Lipinski definition) is 6. The number of aromatic nitrogens is 3. The zero-order valence-electron chi connectivity index (χ0n) is 23.5. The Morgan fingerprint density at radius 2 is 1.76 bits per heavy atom. The second-order valence-electron chi connectivity index (χ2n) is 10.2. The van der Waals surface area contributed by atoms with E-state index in [0.717, 1.165) is 30.0 Å². The SMILES string of the molecule is COc1ccccc1NS(=O)(=O)c1cccc(-c2nnc(SCc3ccc(Cl)cc3Cl)n2C(C)CCCC(C)C)c1. The maximum absolute atomic E-state index is 13.4. The Hall–Kier alpha value is -2.72. The zero-order chi connectivity index (χ0) is 29.6. The van der Waals surface area contributed by atoms with Crippen LogP contribution in [0.4, 0.5) is 5.69 Å². The molecule has 0 radical (unpaired) electrons. The van der Waals surface area contributed by atoms with Crippen LogP contribution in [-0.4, -0.2) is 30.3 Å². The molecule has 4 rings (SSSR count). The second-order valence-corrected chi connectivity index (χ2v) is 13.7. The van der Waals surface area contributed by atoms with Crippen molar-refractivity contribution >= 4 is 50.7 Å². The first kappa shape index (κ1) is 31.2. The molecule has 1 atom stereocenters. The topological polar surface area (TPSA) is 86.1 Å². The molecule has 0 amide bonds. The quantitative estimate of drug-likeness (QED) is 0.148. The minimum absolute atomic E-state index is 0.0916. The third-order valence-electron chi connectivity index (χ3n) is 6.63. The van der Waals surface area contributed by atoms with E-state index in [9.17, 15) is 8.42 Å². The van der Waals surface area contributed by atoms with Gasteiger partial charge in [-0.05, 0) is 61.2 Å². The van der Waals surface area contributed by atoms with Crippen molar-refractivity contribution in [3.05, 3.63) is 82.3 Å². The summed E-state index contributed by atoms with van der Waals surface area (Å²) < 4.78 is 36.8. The summed E-state index contributed by atoms with van der Waals surface area (Å²) in [5.74, 6) is 2.25. The van der Waals surface area contributed by atoms with Gasteiger partial charge in [-0.2, -0.15) is 0 Å². The maximum Gasteiger partial charge on any atom is 0.262 e. The molecule has 0 saturated carbocycles. The van der Waals surface area contributed by atoms with Crippen molar-refractivity contribution in [3.8, 4) is 17.1 Å². The predicted octanol–water partition coefficient (Wildman–Crippen LogP) is 8.74. The molecule has 0 fully saturated rings. The molecule has 0 aliphatic rings. The van der Waals surface area contributed by atoms with E-state index in [2.05, 4.69) is 40.3 Å². The molecule has 41 heavy (non-hydrogen) atoms. The van der Waals surface area contributed by atoms with Crippen molar-refractivity contribution in [2.45, 2.75) is 61.9 Å². The van der Waals surface area contributed by atoms with E-state index in [1.807, 2.05) is 18.2 Å². The number of rotatable bonds is 13. The summed E-state index contributed by atoms with van der Waals surface area (Å²) in [5.41, 5.74) is 1.97. The van der Waals surface area contributed by atoms with E-state index in [4.69, 9.17) is 27.9 Å². The van der Waals surface area contributed by atoms with Crippen LogP contribution in [0.1, 0.15) is 51.6 Å². The Balaban J connectivity index is 1.67. The van der Waals surface area contributed by atoms with Gasteiger partial charge < -0.3 is 4.74 Å². The van der Waals surface area contributed by atoms with Crippen LogP contribution in [0.15, 0.2) is 76.8 Å². The third-order valence-corrected chi connectivity index (χ3v) is 9.58. The van der Waals surface area contributed by atoms with E-state index in [1.54, 1.807) is 48.5 Å². The monoisotopic (exact) mass is 632 g/mol. The van der Waals surface area contributed by atoms with Crippen LogP contribution in [-0.2, 0) is 15.8 Å². The molecule has 7 nitrogen and oxygen atoms in total. The van der Waals surface area contributed by atoms with Crippen molar-refractivity contribution < 1.29 is 13.2 Å². The van der Waals surface area contributed by atoms with Gasteiger partial charge in [0.15, 0.2) is 11.0 Å². The standard InChI is InChI=1S/C30H34Cl2N4O3S2/c1-20(2)9-7-10-21(3)36-29(33-34-30(36)40-19-23-15-16-24(31)18-26(23)32)22-11-8-12-25(17-22)41(37,38)35-27-13-5-6-14-28(27)39-4/h5-6,8,11-18,20-21,35H,7,9-10,19H2,1-4H3. The minimum atomic E-state index is -3.90. The first-order valence-corrected chi connectivity index (χ1v) is 16.6. The molecule has 1 aromatic heterocycles. The van der Waals surface area contributed by atoms with Gasteiger partial charge in [0.25, 0.3) is 10.0 Å². The number of ether oxygens (including phenoxy) is 1. The average Bonchev–Trinajstić information content (AvgIpc) is 3.36. The third kappa shape index (κ3) is 7.97. The van der Waals surface area contributed by atoms with Gasteiger partial charge in [-0.15, -0.1) is 10.2 Å². The molecular weight excluding hydrogens is 599 g/mol. The van der Waals surface area contributed by atoms with E-state index in [0.29, 0.717) is 44.5 Å². The van der Waals surface area contributed by atoms with Gasteiger partial charge in [-0.1, -0.05) is 92.0 Å².